The Balaban J connectivity index is 2.35. The van der Waals surface area contributed by atoms with Crippen LogP contribution in [0.1, 0.15) is 5.56 Å². The second-order valence-corrected chi connectivity index (χ2v) is 2.94. The van der Waals surface area contributed by atoms with Crippen LogP contribution < -0.4 is 4.74 Å². The number of nitrogens with zero attached hydrogens (tertiary/aromatic N) is 1. The number of ether oxygens (including phenoxy) is 2. The summed E-state index contributed by atoms with van der Waals surface area (Å²) in [5.74, 6) is 0.658. The molecule has 3 nitrogen and oxygen atoms in total. The topological polar surface area (TPSA) is 31.4 Å². The lowest BCUT2D eigenvalue weighted by molar-refractivity contribution is -0.0368. The Morgan fingerprint density at radius 3 is 3.25 bits per heavy atom. The summed E-state index contributed by atoms with van der Waals surface area (Å²) in [6.45, 7) is 0. The smallest absolute Gasteiger partial charge is 0.203 e. The molecule has 0 spiro atoms. The van der Waals surface area contributed by atoms with E-state index in [-0.39, 0.29) is 6.29 Å². The molecule has 1 aliphatic heterocycles. The van der Waals surface area contributed by atoms with Crippen molar-refractivity contribution in [1.82, 2.24) is 4.98 Å². The molecule has 1 atom stereocenters. The van der Waals surface area contributed by atoms with Crippen molar-refractivity contribution in [2.75, 3.05) is 7.11 Å². The first-order chi connectivity index (χ1) is 5.81. The van der Waals surface area contributed by atoms with Crippen molar-refractivity contribution in [3.05, 3.63) is 23.0 Å². The fourth-order valence-electron chi connectivity index (χ4n) is 1.23. The first kappa shape index (κ1) is 7.83. The molecular formula is C8H8ClNO2. The van der Waals surface area contributed by atoms with Gasteiger partial charge in [0.15, 0.2) is 10.9 Å². The Labute approximate surface area is 75.3 Å². The van der Waals surface area contributed by atoms with Crippen LogP contribution in [0, 0.1) is 0 Å². The van der Waals surface area contributed by atoms with Crippen molar-refractivity contribution in [1.29, 1.82) is 0 Å². The molecule has 64 valence electrons. The van der Waals surface area contributed by atoms with Crippen LogP contribution in [0.5, 0.6) is 5.75 Å². The highest BCUT2D eigenvalue weighted by Gasteiger charge is 2.24. The Bertz CT molecular complexity index is 303. The SMILES string of the molecule is COC1Cc2ccnc(Cl)c2O1. The number of hydrogen-bond donors (Lipinski definition) is 0. The minimum absolute atomic E-state index is 0.207. The summed E-state index contributed by atoms with van der Waals surface area (Å²) in [5.41, 5.74) is 1.06. The average Bonchev–Trinajstić information content (AvgIpc) is 2.49. The van der Waals surface area contributed by atoms with Gasteiger partial charge < -0.3 is 9.47 Å². The largest absolute Gasteiger partial charge is 0.461 e. The monoisotopic (exact) mass is 185 g/mol. The van der Waals surface area contributed by atoms with Gasteiger partial charge in [0, 0.05) is 25.3 Å². The molecule has 0 aromatic carbocycles. The number of pyridine rings is 1. The molecule has 2 rings (SSSR count). The lowest BCUT2D eigenvalue weighted by Crippen LogP contribution is -2.14. The molecular weight excluding hydrogens is 178 g/mol. The van der Waals surface area contributed by atoms with Crippen molar-refractivity contribution in [3.63, 3.8) is 0 Å². The van der Waals surface area contributed by atoms with Gasteiger partial charge in [-0.2, -0.15) is 0 Å². The minimum Gasteiger partial charge on any atom is -0.461 e. The molecule has 1 aliphatic rings. The van der Waals surface area contributed by atoms with Crippen LogP contribution >= 0.6 is 11.6 Å². The molecule has 0 amide bonds. The van der Waals surface area contributed by atoms with Crippen molar-refractivity contribution in [3.8, 4) is 5.75 Å². The predicted octanol–water partition coefficient (Wildman–Crippen LogP) is 1.64. The molecule has 0 N–H and O–H groups in total. The summed E-state index contributed by atoms with van der Waals surface area (Å²) >= 11 is 5.80. The maximum absolute atomic E-state index is 5.80. The van der Waals surface area contributed by atoms with Gasteiger partial charge in [0.1, 0.15) is 0 Å². The maximum Gasteiger partial charge on any atom is 0.203 e. The number of methoxy groups -OCH3 is 1. The zero-order valence-corrected chi connectivity index (χ0v) is 7.34. The summed E-state index contributed by atoms with van der Waals surface area (Å²) in [6, 6.07) is 1.89. The summed E-state index contributed by atoms with van der Waals surface area (Å²) < 4.78 is 10.4. The van der Waals surface area contributed by atoms with Crippen LogP contribution in [0.25, 0.3) is 0 Å². The van der Waals surface area contributed by atoms with Gasteiger partial charge in [-0.1, -0.05) is 11.6 Å². The normalized spacial score (nSPS) is 20.3. The van der Waals surface area contributed by atoms with E-state index in [1.165, 1.54) is 0 Å². The second kappa shape index (κ2) is 2.92. The summed E-state index contributed by atoms with van der Waals surface area (Å²) in [5, 5.41) is 0.409. The molecule has 0 aliphatic carbocycles. The predicted molar refractivity (Wildman–Crippen MR) is 44.4 cm³/mol. The van der Waals surface area contributed by atoms with E-state index in [4.69, 9.17) is 21.1 Å². The summed E-state index contributed by atoms with van der Waals surface area (Å²) in [6.07, 6.45) is 2.21. The second-order valence-electron chi connectivity index (χ2n) is 2.58. The van der Waals surface area contributed by atoms with Gasteiger partial charge in [0.2, 0.25) is 6.29 Å². The van der Waals surface area contributed by atoms with E-state index in [2.05, 4.69) is 4.98 Å². The first-order valence-electron chi connectivity index (χ1n) is 3.64. The van der Waals surface area contributed by atoms with E-state index in [1.807, 2.05) is 6.07 Å². The number of rotatable bonds is 1. The van der Waals surface area contributed by atoms with Crippen molar-refractivity contribution < 1.29 is 9.47 Å². The number of hydrogen-bond acceptors (Lipinski definition) is 3. The van der Waals surface area contributed by atoms with Gasteiger partial charge in [-0.25, -0.2) is 4.98 Å². The van der Waals surface area contributed by atoms with Crippen molar-refractivity contribution in [2.45, 2.75) is 12.7 Å². The summed E-state index contributed by atoms with van der Waals surface area (Å²) in [7, 11) is 1.61. The molecule has 0 saturated carbocycles. The molecule has 0 radical (unpaired) electrons. The van der Waals surface area contributed by atoms with E-state index in [0.717, 1.165) is 12.0 Å². The standard InChI is InChI=1S/C8H8ClNO2/c1-11-6-4-5-2-3-10-8(9)7(5)12-6/h2-3,6H,4H2,1H3. The van der Waals surface area contributed by atoms with Gasteiger partial charge >= 0.3 is 0 Å². The van der Waals surface area contributed by atoms with E-state index in [1.54, 1.807) is 13.3 Å². The number of fused-ring (bicyclic) bond motifs is 1. The van der Waals surface area contributed by atoms with Crippen molar-refractivity contribution >= 4 is 11.6 Å². The fraction of sp³-hybridized carbons (Fsp3) is 0.375. The van der Waals surface area contributed by atoms with Crippen LogP contribution in [-0.2, 0) is 11.2 Å². The minimum atomic E-state index is -0.207. The molecule has 1 unspecified atom stereocenters. The third-order valence-corrected chi connectivity index (χ3v) is 2.11. The zero-order valence-electron chi connectivity index (χ0n) is 6.58. The first-order valence-corrected chi connectivity index (χ1v) is 4.02. The highest BCUT2D eigenvalue weighted by atomic mass is 35.5. The number of halogens is 1. The Kier molecular flexibility index (Phi) is 1.90. The molecule has 0 bridgehead atoms. The highest BCUT2D eigenvalue weighted by molar-refractivity contribution is 6.30. The molecule has 0 saturated heterocycles. The maximum atomic E-state index is 5.80. The van der Waals surface area contributed by atoms with Crippen LogP contribution in [-0.4, -0.2) is 18.4 Å². The van der Waals surface area contributed by atoms with E-state index in [9.17, 15) is 0 Å². The van der Waals surface area contributed by atoms with Crippen molar-refractivity contribution in [2.24, 2.45) is 0 Å². The van der Waals surface area contributed by atoms with Gasteiger partial charge in [-0.15, -0.1) is 0 Å². The van der Waals surface area contributed by atoms with Gasteiger partial charge in [-0.05, 0) is 6.07 Å². The Hall–Kier alpha value is -0.800. The van der Waals surface area contributed by atoms with E-state index >= 15 is 0 Å². The highest BCUT2D eigenvalue weighted by Crippen LogP contribution is 2.33. The molecule has 2 heterocycles. The average molecular weight is 186 g/mol. The molecule has 12 heavy (non-hydrogen) atoms. The van der Waals surface area contributed by atoms with Crippen LogP contribution in [0.15, 0.2) is 12.3 Å². The van der Waals surface area contributed by atoms with E-state index < -0.39 is 0 Å². The lowest BCUT2D eigenvalue weighted by atomic mass is 10.2. The zero-order chi connectivity index (χ0) is 8.55. The van der Waals surface area contributed by atoms with Gasteiger partial charge in [0.25, 0.3) is 0 Å². The van der Waals surface area contributed by atoms with E-state index in [0.29, 0.717) is 10.9 Å². The third-order valence-electron chi connectivity index (χ3n) is 1.84. The number of aromatic nitrogens is 1. The van der Waals surface area contributed by atoms with Crippen LogP contribution in [0.2, 0.25) is 5.15 Å². The molecule has 0 fully saturated rings. The van der Waals surface area contributed by atoms with Gasteiger partial charge in [0.05, 0.1) is 0 Å². The van der Waals surface area contributed by atoms with Crippen LogP contribution in [0.3, 0.4) is 0 Å². The Morgan fingerprint density at radius 2 is 2.58 bits per heavy atom. The Morgan fingerprint density at radius 1 is 1.75 bits per heavy atom. The third kappa shape index (κ3) is 1.15. The molecule has 1 aromatic rings. The molecule has 1 aromatic heterocycles. The van der Waals surface area contributed by atoms with Gasteiger partial charge in [-0.3, -0.25) is 0 Å². The summed E-state index contributed by atoms with van der Waals surface area (Å²) in [4.78, 5) is 3.90. The molecule has 4 heteroatoms. The van der Waals surface area contributed by atoms with Crippen LogP contribution in [0.4, 0.5) is 0 Å². The fourth-order valence-corrected chi connectivity index (χ4v) is 1.45. The quantitative estimate of drug-likeness (QED) is 0.624. The lowest BCUT2D eigenvalue weighted by Gasteiger charge is -2.06.